The number of nitrogens with zero attached hydrogens (tertiary/aromatic N) is 1. The minimum Gasteiger partial charge on any atom is -0.494 e. The maximum absolute atomic E-state index is 12.2. The summed E-state index contributed by atoms with van der Waals surface area (Å²) in [4.78, 5) is 27.2. The molecule has 2 atom stereocenters. The van der Waals surface area contributed by atoms with E-state index in [1.54, 1.807) is 4.90 Å². The lowest BCUT2D eigenvalue weighted by atomic mass is 10.1. The molecule has 1 amide bonds. The van der Waals surface area contributed by atoms with Gasteiger partial charge in [0.15, 0.2) is 5.88 Å². The summed E-state index contributed by atoms with van der Waals surface area (Å²) in [5, 5.41) is 9.29. The summed E-state index contributed by atoms with van der Waals surface area (Å²) in [5.74, 6) is -0.571. The lowest BCUT2D eigenvalue weighted by Gasteiger charge is -2.35. The van der Waals surface area contributed by atoms with Crippen molar-refractivity contribution in [3.8, 4) is 5.88 Å². The Kier molecular flexibility index (Phi) is 3.38. The second-order valence-corrected chi connectivity index (χ2v) is 4.59. The van der Waals surface area contributed by atoms with Crippen molar-refractivity contribution in [2.24, 2.45) is 0 Å². The van der Waals surface area contributed by atoms with E-state index in [9.17, 15) is 14.7 Å². The Labute approximate surface area is 104 Å². The van der Waals surface area contributed by atoms with E-state index in [4.69, 9.17) is 4.74 Å². The number of aromatic hydroxyl groups is 1. The van der Waals surface area contributed by atoms with Crippen molar-refractivity contribution >= 4 is 5.91 Å². The number of morpholine rings is 1. The third-order valence-corrected chi connectivity index (χ3v) is 2.78. The van der Waals surface area contributed by atoms with E-state index in [2.05, 4.69) is 4.98 Å². The van der Waals surface area contributed by atoms with E-state index in [0.29, 0.717) is 13.1 Å². The third kappa shape index (κ3) is 2.70. The van der Waals surface area contributed by atoms with E-state index < -0.39 is 5.56 Å². The maximum atomic E-state index is 12.2. The number of hydrogen-bond donors (Lipinski definition) is 2. The quantitative estimate of drug-likeness (QED) is 0.754. The van der Waals surface area contributed by atoms with Crippen molar-refractivity contribution in [3.63, 3.8) is 0 Å². The predicted octanol–water partition coefficient (Wildman–Crippen LogP) is 0.330. The number of hydrogen-bond acceptors (Lipinski definition) is 4. The fourth-order valence-electron chi connectivity index (χ4n) is 2.18. The molecule has 18 heavy (non-hydrogen) atoms. The highest BCUT2D eigenvalue weighted by molar-refractivity contribution is 5.94. The lowest BCUT2D eigenvalue weighted by Crippen LogP contribution is -2.48. The van der Waals surface area contributed by atoms with Crippen LogP contribution in [0.3, 0.4) is 0 Å². The standard InChI is InChI=1S/C12H16N2O4/c1-7-5-14(6-8(2)18-7)12(17)9-3-10(15)13-11(16)4-9/h3-4,7-8H,5-6H2,1-2H3,(H2,13,15,16). The zero-order valence-corrected chi connectivity index (χ0v) is 10.3. The van der Waals surface area contributed by atoms with Gasteiger partial charge in [0.1, 0.15) is 0 Å². The number of pyridine rings is 1. The van der Waals surface area contributed by atoms with Gasteiger partial charge in [-0.3, -0.25) is 14.6 Å². The van der Waals surface area contributed by atoms with Crippen molar-refractivity contribution in [3.05, 3.63) is 28.0 Å². The number of rotatable bonds is 1. The summed E-state index contributed by atoms with van der Waals surface area (Å²) in [6.45, 7) is 4.75. The molecule has 0 spiro atoms. The van der Waals surface area contributed by atoms with Crippen molar-refractivity contribution < 1.29 is 14.6 Å². The molecule has 1 fully saturated rings. The number of ether oxygens (including phenoxy) is 1. The van der Waals surface area contributed by atoms with E-state index in [-0.39, 0.29) is 29.6 Å². The summed E-state index contributed by atoms with van der Waals surface area (Å²) in [7, 11) is 0. The molecule has 6 heteroatoms. The summed E-state index contributed by atoms with van der Waals surface area (Å²) < 4.78 is 5.54. The Hall–Kier alpha value is -1.82. The molecule has 98 valence electrons. The summed E-state index contributed by atoms with van der Waals surface area (Å²) >= 11 is 0. The maximum Gasteiger partial charge on any atom is 0.254 e. The van der Waals surface area contributed by atoms with Crippen LogP contribution in [0.4, 0.5) is 0 Å². The van der Waals surface area contributed by atoms with E-state index >= 15 is 0 Å². The topological polar surface area (TPSA) is 82.6 Å². The molecule has 1 aliphatic heterocycles. The van der Waals surface area contributed by atoms with Crippen molar-refractivity contribution in [2.75, 3.05) is 13.1 Å². The van der Waals surface area contributed by atoms with Gasteiger partial charge in [0.25, 0.3) is 11.5 Å². The fraction of sp³-hybridized carbons (Fsp3) is 0.500. The van der Waals surface area contributed by atoms with Crippen LogP contribution in [0, 0.1) is 0 Å². The van der Waals surface area contributed by atoms with E-state index in [0.717, 1.165) is 0 Å². The normalized spacial score (nSPS) is 24.0. The molecule has 0 saturated carbocycles. The van der Waals surface area contributed by atoms with E-state index in [1.807, 2.05) is 13.8 Å². The number of aromatic nitrogens is 1. The highest BCUT2D eigenvalue weighted by atomic mass is 16.5. The summed E-state index contributed by atoms with van der Waals surface area (Å²) in [6.07, 6.45) is -0.0680. The molecule has 2 N–H and O–H groups in total. The minimum atomic E-state index is -0.493. The van der Waals surface area contributed by atoms with Crippen LogP contribution in [-0.4, -0.2) is 46.2 Å². The molecule has 0 aromatic carbocycles. The van der Waals surface area contributed by atoms with Gasteiger partial charge in [0, 0.05) is 25.2 Å². The predicted molar refractivity (Wildman–Crippen MR) is 64.6 cm³/mol. The molecule has 6 nitrogen and oxygen atoms in total. The fourth-order valence-corrected chi connectivity index (χ4v) is 2.18. The van der Waals surface area contributed by atoms with Gasteiger partial charge in [-0.1, -0.05) is 0 Å². The van der Waals surface area contributed by atoms with Crippen LogP contribution in [0.2, 0.25) is 0 Å². The number of nitrogens with one attached hydrogen (secondary N) is 1. The molecule has 2 unspecified atom stereocenters. The highest BCUT2D eigenvalue weighted by Crippen LogP contribution is 2.14. The SMILES string of the molecule is CC1CN(C(=O)c2cc(O)[nH]c(=O)c2)CC(C)O1. The summed E-state index contributed by atoms with van der Waals surface area (Å²) in [5.41, 5.74) is -0.301. The second-order valence-electron chi connectivity index (χ2n) is 4.59. The largest absolute Gasteiger partial charge is 0.494 e. The monoisotopic (exact) mass is 252 g/mol. The van der Waals surface area contributed by atoms with Crippen LogP contribution < -0.4 is 5.56 Å². The molecule has 0 radical (unpaired) electrons. The van der Waals surface area contributed by atoms with Crippen molar-refractivity contribution in [1.29, 1.82) is 0 Å². The van der Waals surface area contributed by atoms with Gasteiger partial charge in [0.2, 0.25) is 0 Å². The second kappa shape index (κ2) is 4.81. The molecule has 1 aromatic heterocycles. The first kappa shape index (κ1) is 12.6. The highest BCUT2D eigenvalue weighted by Gasteiger charge is 2.26. The Morgan fingerprint density at radius 2 is 2.00 bits per heavy atom. The Morgan fingerprint density at radius 3 is 2.56 bits per heavy atom. The van der Waals surface area contributed by atoms with Gasteiger partial charge in [-0.05, 0) is 13.8 Å². The Balaban J connectivity index is 2.22. The number of H-pyrrole nitrogens is 1. The number of carbonyl (C=O) groups excluding carboxylic acids is 1. The number of carbonyl (C=O) groups is 1. The van der Waals surface area contributed by atoms with E-state index in [1.165, 1.54) is 12.1 Å². The molecule has 2 heterocycles. The van der Waals surface area contributed by atoms with Gasteiger partial charge in [-0.25, -0.2) is 0 Å². The van der Waals surface area contributed by atoms with Crippen LogP contribution in [-0.2, 0) is 4.74 Å². The lowest BCUT2D eigenvalue weighted by molar-refractivity contribution is -0.0586. The van der Waals surface area contributed by atoms with Gasteiger partial charge >= 0.3 is 0 Å². The van der Waals surface area contributed by atoms with Crippen LogP contribution in [0.15, 0.2) is 16.9 Å². The molecule has 1 aromatic rings. The molecular formula is C12H16N2O4. The van der Waals surface area contributed by atoms with Gasteiger partial charge in [0.05, 0.1) is 17.8 Å². The Bertz CT molecular complexity index is 501. The first-order valence-electron chi connectivity index (χ1n) is 5.84. The van der Waals surface area contributed by atoms with Crippen LogP contribution in [0.5, 0.6) is 5.88 Å². The molecule has 0 bridgehead atoms. The zero-order chi connectivity index (χ0) is 13.3. The van der Waals surface area contributed by atoms with Crippen molar-refractivity contribution in [2.45, 2.75) is 26.1 Å². The van der Waals surface area contributed by atoms with Crippen LogP contribution >= 0.6 is 0 Å². The first-order chi connectivity index (χ1) is 8.45. The molecule has 0 aliphatic carbocycles. The zero-order valence-electron chi connectivity index (χ0n) is 10.3. The van der Waals surface area contributed by atoms with Gasteiger partial charge in [-0.15, -0.1) is 0 Å². The third-order valence-electron chi connectivity index (χ3n) is 2.78. The molecule has 1 aliphatic rings. The minimum absolute atomic E-state index is 0.0340. The molecular weight excluding hydrogens is 236 g/mol. The number of aromatic amines is 1. The average Bonchev–Trinajstić information content (AvgIpc) is 2.25. The average molecular weight is 252 g/mol. The first-order valence-corrected chi connectivity index (χ1v) is 5.84. The van der Waals surface area contributed by atoms with Crippen LogP contribution in [0.1, 0.15) is 24.2 Å². The number of amides is 1. The molecule has 1 saturated heterocycles. The van der Waals surface area contributed by atoms with Crippen molar-refractivity contribution in [1.82, 2.24) is 9.88 Å². The van der Waals surface area contributed by atoms with Gasteiger partial charge in [-0.2, -0.15) is 0 Å². The summed E-state index contributed by atoms with van der Waals surface area (Å²) in [6, 6.07) is 2.45. The van der Waals surface area contributed by atoms with Gasteiger partial charge < -0.3 is 14.7 Å². The Morgan fingerprint density at radius 1 is 1.39 bits per heavy atom. The molecule has 2 rings (SSSR count). The smallest absolute Gasteiger partial charge is 0.254 e. The van der Waals surface area contributed by atoms with Crippen LogP contribution in [0.25, 0.3) is 0 Å².